The lowest BCUT2D eigenvalue weighted by molar-refractivity contribution is -0.144. The number of hydrogen-bond donors (Lipinski definition) is 0. The molecule has 0 spiro atoms. The molecule has 1 rings (SSSR count). The van der Waals surface area contributed by atoms with Crippen molar-refractivity contribution in [3.05, 3.63) is 29.3 Å². The third-order valence-corrected chi connectivity index (χ3v) is 2.67. The average molecular weight is 307 g/mol. The highest BCUT2D eigenvalue weighted by Crippen LogP contribution is 2.15. The summed E-state index contributed by atoms with van der Waals surface area (Å²) < 4.78 is 10.4. The predicted octanol–water partition coefficient (Wildman–Crippen LogP) is 4.26. The van der Waals surface area contributed by atoms with Gasteiger partial charge in [-0.3, -0.25) is 4.79 Å². The number of halogens is 2. The molecule has 0 fully saturated rings. The largest absolute Gasteiger partial charge is 0.490 e. The van der Waals surface area contributed by atoms with Crippen molar-refractivity contribution < 1.29 is 14.3 Å². The summed E-state index contributed by atoms with van der Waals surface area (Å²) in [5.41, 5.74) is 0. The number of unbranched alkanes of at least 4 members (excludes halogenated alkanes) is 2. The fourth-order valence-corrected chi connectivity index (χ4v) is 1.56. The highest BCUT2D eigenvalue weighted by molar-refractivity contribution is 6.30. The highest BCUT2D eigenvalue weighted by Gasteiger charge is 2.02. The Morgan fingerprint density at radius 3 is 2.47 bits per heavy atom. The molecule has 19 heavy (non-hydrogen) atoms. The molecule has 108 valence electrons. The van der Waals surface area contributed by atoms with Gasteiger partial charge in [0.25, 0.3) is 0 Å². The monoisotopic (exact) mass is 306 g/mol. The first kappa shape index (κ1) is 18.1. The smallest absolute Gasteiger partial charge is 0.305 e. The van der Waals surface area contributed by atoms with E-state index >= 15 is 0 Å². The van der Waals surface area contributed by atoms with E-state index in [4.69, 9.17) is 21.1 Å². The number of carbonyl (C=O) groups is 1. The Morgan fingerprint density at radius 2 is 1.84 bits per heavy atom. The van der Waals surface area contributed by atoms with Gasteiger partial charge in [0.1, 0.15) is 19.0 Å². The normalized spacial score (nSPS) is 9.58. The van der Waals surface area contributed by atoms with Crippen molar-refractivity contribution in [2.24, 2.45) is 0 Å². The Hall–Kier alpha value is -0.930. The number of carbonyl (C=O) groups excluding carboxylic acids is 1. The minimum absolute atomic E-state index is 0. The van der Waals surface area contributed by atoms with Gasteiger partial charge in [-0.05, 0) is 30.7 Å². The van der Waals surface area contributed by atoms with Crippen LogP contribution in [0, 0.1) is 0 Å². The van der Waals surface area contributed by atoms with Crippen molar-refractivity contribution in [1.29, 1.82) is 0 Å². The van der Waals surface area contributed by atoms with Gasteiger partial charge in [-0.1, -0.05) is 31.4 Å². The first-order valence-electron chi connectivity index (χ1n) is 6.26. The summed E-state index contributed by atoms with van der Waals surface area (Å²) in [6, 6.07) is 7.08. The fraction of sp³-hybridized carbons (Fsp3) is 0.500. The van der Waals surface area contributed by atoms with Gasteiger partial charge in [-0.15, -0.1) is 12.4 Å². The van der Waals surface area contributed by atoms with Crippen molar-refractivity contribution in [2.45, 2.75) is 32.6 Å². The Morgan fingerprint density at radius 1 is 1.16 bits per heavy atom. The molecular weight excluding hydrogens is 287 g/mol. The summed E-state index contributed by atoms with van der Waals surface area (Å²) in [5.74, 6) is 0.574. The molecule has 1 aromatic carbocycles. The lowest BCUT2D eigenvalue weighted by atomic mass is 10.2. The van der Waals surface area contributed by atoms with Gasteiger partial charge in [-0.2, -0.15) is 0 Å². The average Bonchev–Trinajstić information content (AvgIpc) is 2.37. The molecule has 0 N–H and O–H groups in total. The van der Waals surface area contributed by atoms with Gasteiger partial charge in [0.2, 0.25) is 0 Å². The summed E-state index contributed by atoms with van der Waals surface area (Å²) >= 11 is 5.75. The van der Waals surface area contributed by atoms with Gasteiger partial charge in [-0.25, -0.2) is 0 Å². The number of benzene rings is 1. The van der Waals surface area contributed by atoms with Gasteiger partial charge in [0.15, 0.2) is 0 Å². The number of ether oxygens (including phenoxy) is 2. The van der Waals surface area contributed by atoms with Crippen LogP contribution in [0.15, 0.2) is 24.3 Å². The minimum Gasteiger partial charge on any atom is -0.490 e. The summed E-state index contributed by atoms with van der Waals surface area (Å²) in [5, 5.41) is 0.671. The molecule has 0 bridgehead atoms. The molecule has 0 unspecified atom stereocenters. The van der Waals surface area contributed by atoms with E-state index in [0.29, 0.717) is 18.1 Å². The zero-order valence-electron chi connectivity index (χ0n) is 11.1. The zero-order chi connectivity index (χ0) is 13.2. The van der Waals surface area contributed by atoms with E-state index in [1.54, 1.807) is 24.3 Å². The Kier molecular flexibility index (Phi) is 10.4. The van der Waals surface area contributed by atoms with Crippen LogP contribution >= 0.6 is 24.0 Å². The third-order valence-electron chi connectivity index (χ3n) is 2.41. The maximum atomic E-state index is 11.3. The molecular formula is C14H20Cl2O3. The molecule has 0 aliphatic heterocycles. The Balaban J connectivity index is 0.00000324. The second-order valence-corrected chi connectivity index (χ2v) is 4.42. The van der Waals surface area contributed by atoms with Gasteiger partial charge >= 0.3 is 5.97 Å². The van der Waals surface area contributed by atoms with Crippen LogP contribution in [0.3, 0.4) is 0 Å². The second-order valence-electron chi connectivity index (χ2n) is 3.98. The van der Waals surface area contributed by atoms with E-state index in [9.17, 15) is 4.79 Å². The van der Waals surface area contributed by atoms with Crippen molar-refractivity contribution in [1.82, 2.24) is 0 Å². The van der Waals surface area contributed by atoms with Crippen LogP contribution in [0.2, 0.25) is 5.02 Å². The predicted molar refractivity (Wildman–Crippen MR) is 79.3 cm³/mol. The SMILES string of the molecule is CCCCCC(=O)OCCOc1ccc(Cl)cc1.Cl. The molecule has 0 saturated heterocycles. The molecule has 0 aliphatic rings. The molecule has 0 aliphatic carbocycles. The summed E-state index contributed by atoms with van der Waals surface area (Å²) in [6.45, 7) is 2.75. The summed E-state index contributed by atoms with van der Waals surface area (Å²) in [7, 11) is 0. The van der Waals surface area contributed by atoms with E-state index in [0.717, 1.165) is 25.0 Å². The van der Waals surface area contributed by atoms with Crippen LogP contribution in [-0.4, -0.2) is 19.2 Å². The standard InChI is InChI=1S/C14H19ClO3.ClH/c1-2-3-4-5-14(16)18-11-10-17-13-8-6-12(15)7-9-13;/h6-9H,2-5,10-11H2,1H3;1H. The first-order chi connectivity index (χ1) is 8.72. The molecule has 0 atom stereocenters. The van der Waals surface area contributed by atoms with Crippen molar-refractivity contribution in [2.75, 3.05) is 13.2 Å². The topological polar surface area (TPSA) is 35.5 Å². The van der Waals surface area contributed by atoms with E-state index in [-0.39, 0.29) is 25.0 Å². The van der Waals surface area contributed by atoms with Crippen molar-refractivity contribution in [3.63, 3.8) is 0 Å². The van der Waals surface area contributed by atoms with Crippen LogP contribution < -0.4 is 4.74 Å². The fourth-order valence-electron chi connectivity index (χ4n) is 1.44. The summed E-state index contributed by atoms with van der Waals surface area (Å²) in [6.07, 6.45) is 3.56. The Labute approximate surface area is 125 Å². The van der Waals surface area contributed by atoms with Crippen LogP contribution in [0.25, 0.3) is 0 Å². The second kappa shape index (κ2) is 10.9. The van der Waals surface area contributed by atoms with Gasteiger partial charge < -0.3 is 9.47 Å². The maximum absolute atomic E-state index is 11.3. The third kappa shape index (κ3) is 8.73. The van der Waals surface area contributed by atoms with E-state index in [1.807, 2.05) is 0 Å². The van der Waals surface area contributed by atoms with Crippen LogP contribution in [0.1, 0.15) is 32.6 Å². The number of rotatable bonds is 8. The lowest BCUT2D eigenvalue weighted by Gasteiger charge is -2.07. The molecule has 5 heteroatoms. The Bertz CT molecular complexity index is 352. The van der Waals surface area contributed by atoms with Crippen molar-refractivity contribution >= 4 is 30.0 Å². The summed E-state index contributed by atoms with van der Waals surface area (Å²) in [4.78, 5) is 11.3. The van der Waals surface area contributed by atoms with Crippen LogP contribution in [0.5, 0.6) is 5.75 Å². The van der Waals surface area contributed by atoms with Crippen molar-refractivity contribution in [3.8, 4) is 5.75 Å². The lowest BCUT2D eigenvalue weighted by Crippen LogP contribution is -2.11. The van der Waals surface area contributed by atoms with Gasteiger partial charge in [0.05, 0.1) is 0 Å². The van der Waals surface area contributed by atoms with Crippen LogP contribution in [0.4, 0.5) is 0 Å². The molecule has 0 amide bonds. The van der Waals surface area contributed by atoms with Crippen LogP contribution in [-0.2, 0) is 9.53 Å². The van der Waals surface area contributed by atoms with E-state index in [2.05, 4.69) is 6.92 Å². The molecule has 3 nitrogen and oxygen atoms in total. The quantitative estimate of drug-likeness (QED) is 0.531. The maximum Gasteiger partial charge on any atom is 0.305 e. The zero-order valence-corrected chi connectivity index (χ0v) is 12.6. The van der Waals surface area contributed by atoms with Gasteiger partial charge in [0, 0.05) is 11.4 Å². The van der Waals surface area contributed by atoms with E-state index in [1.165, 1.54) is 0 Å². The molecule has 0 heterocycles. The first-order valence-corrected chi connectivity index (χ1v) is 6.64. The van der Waals surface area contributed by atoms with E-state index < -0.39 is 0 Å². The number of hydrogen-bond acceptors (Lipinski definition) is 3. The molecule has 0 aromatic heterocycles. The molecule has 0 radical (unpaired) electrons. The molecule has 1 aromatic rings. The highest BCUT2D eigenvalue weighted by atomic mass is 35.5. The minimum atomic E-state index is -0.150. The number of esters is 1. The molecule has 0 saturated carbocycles.